The lowest BCUT2D eigenvalue weighted by atomic mass is 10.1. The van der Waals surface area contributed by atoms with E-state index in [0.717, 1.165) is 13.8 Å². The lowest BCUT2D eigenvalue weighted by molar-refractivity contribution is -0.197. The van der Waals surface area contributed by atoms with E-state index in [1.807, 2.05) is 0 Å². The van der Waals surface area contributed by atoms with Gasteiger partial charge >= 0.3 is 11.9 Å². The second-order valence-electron chi connectivity index (χ2n) is 4.49. The molecule has 6 nitrogen and oxygen atoms in total. The average Bonchev–Trinajstić information content (AvgIpc) is 2.42. The smallest absolute Gasteiger partial charge is 0.305 e. The minimum Gasteiger partial charge on any atom is -0.453 e. The van der Waals surface area contributed by atoms with Crippen LogP contribution in [0.5, 0.6) is 0 Å². The van der Waals surface area contributed by atoms with Crippen LogP contribution in [0.3, 0.4) is 0 Å². The van der Waals surface area contributed by atoms with Crippen molar-refractivity contribution in [2.45, 2.75) is 57.7 Å². The Morgan fingerprint density at radius 3 is 2.21 bits per heavy atom. The summed E-state index contributed by atoms with van der Waals surface area (Å²) in [4.78, 5) is 21.7. The van der Waals surface area contributed by atoms with E-state index in [1.165, 1.54) is 0 Å². The Hall–Kier alpha value is -1.28. The van der Waals surface area contributed by atoms with Crippen molar-refractivity contribution in [3.63, 3.8) is 0 Å². The van der Waals surface area contributed by atoms with Crippen LogP contribution in [0.2, 0.25) is 0 Å². The first-order valence-electron chi connectivity index (χ1n) is 5.66. The molecule has 8 heteroatoms. The first-order chi connectivity index (χ1) is 8.60. The van der Waals surface area contributed by atoms with Gasteiger partial charge in [0.15, 0.2) is 6.10 Å². The highest BCUT2D eigenvalue weighted by molar-refractivity contribution is 5.67. The molecule has 0 aliphatic carbocycles. The molecule has 19 heavy (non-hydrogen) atoms. The van der Waals surface area contributed by atoms with Crippen molar-refractivity contribution >= 4 is 11.9 Å². The van der Waals surface area contributed by atoms with Crippen LogP contribution >= 0.6 is 0 Å². The number of carbonyl (C=O) groups excluding carboxylic acids is 2. The predicted molar refractivity (Wildman–Crippen MR) is 57.2 cm³/mol. The van der Waals surface area contributed by atoms with Gasteiger partial charge in [-0.05, 0) is 6.92 Å². The first-order valence-corrected chi connectivity index (χ1v) is 5.66. The van der Waals surface area contributed by atoms with Gasteiger partial charge in [0.1, 0.15) is 6.10 Å². The maximum atomic E-state index is 12.9. The quantitative estimate of drug-likeness (QED) is 0.761. The van der Waals surface area contributed by atoms with Gasteiger partial charge in [-0.25, -0.2) is 8.78 Å². The Bertz CT molecular complexity index is 354. The molecule has 0 spiro atoms. The lowest BCUT2D eigenvalue weighted by Gasteiger charge is -2.19. The molecule has 1 saturated heterocycles. The average molecular weight is 282 g/mol. The van der Waals surface area contributed by atoms with Gasteiger partial charge in [0.2, 0.25) is 12.2 Å². The molecule has 0 aromatic heterocycles. The standard InChI is InChI=1S/C11H16F2O6/c1-5(14)17-9-8(16)7(4-11(3,12)13)19-10(9)18-6(2)15/h7-10,16H,4H2,1-3H3/t7-,8-,9-,10?/m1/s1. The lowest BCUT2D eigenvalue weighted by Crippen LogP contribution is -2.39. The first kappa shape index (κ1) is 15.8. The monoisotopic (exact) mass is 282 g/mol. The van der Waals surface area contributed by atoms with Crippen molar-refractivity contribution in [3.05, 3.63) is 0 Å². The molecule has 0 bridgehead atoms. The highest BCUT2D eigenvalue weighted by Gasteiger charge is 2.50. The Morgan fingerprint density at radius 1 is 1.26 bits per heavy atom. The number of alkyl halides is 2. The summed E-state index contributed by atoms with van der Waals surface area (Å²) in [5, 5.41) is 9.82. The molecule has 4 atom stereocenters. The zero-order valence-corrected chi connectivity index (χ0v) is 10.8. The summed E-state index contributed by atoms with van der Waals surface area (Å²) in [6.45, 7) is 2.84. The molecule has 0 aromatic carbocycles. The van der Waals surface area contributed by atoms with Crippen LogP contribution in [0.1, 0.15) is 27.2 Å². The molecule has 1 aliphatic heterocycles. The number of esters is 2. The van der Waals surface area contributed by atoms with Gasteiger partial charge in [-0.1, -0.05) is 0 Å². The molecule has 1 unspecified atom stereocenters. The van der Waals surface area contributed by atoms with Gasteiger partial charge in [0.25, 0.3) is 0 Å². The normalized spacial score (nSPS) is 31.1. The molecular formula is C11H16F2O6. The number of aliphatic hydroxyl groups excluding tert-OH is 1. The van der Waals surface area contributed by atoms with Gasteiger partial charge in [-0.15, -0.1) is 0 Å². The van der Waals surface area contributed by atoms with Gasteiger partial charge < -0.3 is 19.3 Å². The molecule has 0 amide bonds. The van der Waals surface area contributed by atoms with E-state index in [-0.39, 0.29) is 0 Å². The van der Waals surface area contributed by atoms with Gasteiger partial charge in [0, 0.05) is 20.3 Å². The molecule has 0 aromatic rings. The third kappa shape index (κ3) is 4.71. The number of hydrogen-bond acceptors (Lipinski definition) is 6. The number of aliphatic hydroxyl groups is 1. The van der Waals surface area contributed by atoms with Crippen molar-refractivity contribution in [1.29, 1.82) is 0 Å². The molecule has 1 heterocycles. The van der Waals surface area contributed by atoms with Gasteiger partial charge in [-0.2, -0.15) is 0 Å². The summed E-state index contributed by atoms with van der Waals surface area (Å²) in [6.07, 6.45) is -6.24. The summed E-state index contributed by atoms with van der Waals surface area (Å²) >= 11 is 0. The maximum absolute atomic E-state index is 12.9. The van der Waals surface area contributed by atoms with Gasteiger partial charge in [-0.3, -0.25) is 9.59 Å². The summed E-state index contributed by atoms with van der Waals surface area (Å²) in [6, 6.07) is 0. The fourth-order valence-corrected chi connectivity index (χ4v) is 1.80. The number of rotatable bonds is 4. The molecule has 0 radical (unpaired) electrons. The highest BCUT2D eigenvalue weighted by Crippen LogP contribution is 2.32. The zero-order chi connectivity index (χ0) is 14.8. The molecule has 1 N–H and O–H groups in total. The summed E-state index contributed by atoms with van der Waals surface area (Å²) in [5.41, 5.74) is 0. The van der Waals surface area contributed by atoms with E-state index in [1.54, 1.807) is 0 Å². The van der Waals surface area contributed by atoms with Crippen molar-refractivity contribution in [1.82, 2.24) is 0 Å². The van der Waals surface area contributed by atoms with Crippen LogP contribution in [0.15, 0.2) is 0 Å². The Morgan fingerprint density at radius 2 is 1.79 bits per heavy atom. The largest absolute Gasteiger partial charge is 0.453 e. The minimum absolute atomic E-state index is 0.670. The highest BCUT2D eigenvalue weighted by atomic mass is 19.3. The molecule has 1 rings (SSSR count). The Balaban J connectivity index is 2.79. The minimum atomic E-state index is -3.07. The summed E-state index contributed by atoms with van der Waals surface area (Å²) in [5.74, 6) is -4.55. The molecular weight excluding hydrogens is 266 g/mol. The van der Waals surface area contributed by atoms with Crippen LogP contribution in [0.25, 0.3) is 0 Å². The fraction of sp³-hybridized carbons (Fsp3) is 0.818. The predicted octanol–water partition coefficient (Wildman–Crippen LogP) is 0.612. The van der Waals surface area contributed by atoms with E-state index >= 15 is 0 Å². The van der Waals surface area contributed by atoms with Crippen LogP contribution in [0.4, 0.5) is 8.78 Å². The van der Waals surface area contributed by atoms with Crippen molar-refractivity contribution in [3.8, 4) is 0 Å². The number of ether oxygens (including phenoxy) is 3. The SMILES string of the molecule is CC(=O)OC1O[C@H](CC(C)(F)F)[C@@H](O)[C@H]1OC(C)=O. The third-order valence-electron chi connectivity index (χ3n) is 2.44. The van der Waals surface area contributed by atoms with Crippen molar-refractivity contribution < 1.29 is 37.7 Å². The van der Waals surface area contributed by atoms with E-state index in [4.69, 9.17) is 14.2 Å². The van der Waals surface area contributed by atoms with Crippen LogP contribution in [0, 0.1) is 0 Å². The second-order valence-corrected chi connectivity index (χ2v) is 4.49. The van der Waals surface area contributed by atoms with E-state index < -0.39 is 48.9 Å². The van der Waals surface area contributed by atoms with Crippen molar-refractivity contribution in [2.24, 2.45) is 0 Å². The second kappa shape index (κ2) is 5.79. The number of carbonyl (C=O) groups is 2. The van der Waals surface area contributed by atoms with E-state index in [0.29, 0.717) is 6.92 Å². The third-order valence-corrected chi connectivity index (χ3v) is 2.44. The Labute approximate surface area is 108 Å². The number of hydrogen-bond donors (Lipinski definition) is 1. The topological polar surface area (TPSA) is 82.1 Å². The van der Waals surface area contributed by atoms with Crippen LogP contribution < -0.4 is 0 Å². The zero-order valence-electron chi connectivity index (χ0n) is 10.8. The molecule has 1 fully saturated rings. The Kier molecular flexibility index (Phi) is 4.81. The maximum Gasteiger partial charge on any atom is 0.305 e. The summed E-state index contributed by atoms with van der Waals surface area (Å²) < 4.78 is 40.3. The molecule has 110 valence electrons. The molecule has 1 aliphatic rings. The van der Waals surface area contributed by atoms with Gasteiger partial charge in [0.05, 0.1) is 6.10 Å². The summed E-state index contributed by atoms with van der Waals surface area (Å²) in [7, 11) is 0. The van der Waals surface area contributed by atoms with E-state index in [9.17, 15) is 23.5 Å². The van der Waals surface area contributed by atoms with Crippen LogP contribution in [-0.4, -0.2) is 47.6 Å². The number of halogens is 2. The van der Waals surface area contributed by atoms with Crippen LogP contribution in [-0.2, 0) is 23.8 Å². The fourth-order valence-electron chi connectivity index (χ4n) is 1.80. The molecule has 0 saturated carbocycles. The van der Waals surface area contributed by atoms with E-state index in [2.05, 4.69) is 0 Å². The van der Waals surface area contributed by atoms with Crippen molar-refractivity contribution in [2.75, 3.05) is 0 Å².